The molecule has 1 spiro atoms. The SMILES string of the molecule is CN(CC1CCCC1)C1CCC2(CC1)OCCO2. The van der Waals surface area contributed by atoms with Gasteiger partial charge >= 0.3 is 0 Å². The molecule has 1 heterocycles. The lowest BCUT2D eigenvalue weighted by molar-refractivity contribution is -0.183. The second-order valence-electron chi connectivity index (χ2n) is 6.43. The third-order valence-corrected chi connectivity index (χ3v) is 5.17. The lowest BCUT2D eigenvalue weighted by atomic mass is 9.89. The summed E-state index contributed by atoms with van der Waals surface area (Å²) >= 11 is 0. The van der Waals surface area contributed by atoms with Crippen molar-refractivity contribution in [1.29, 1.82) is 0 Å². The van der Waals surface area contributed by atoms with Gasteiger partial charge in [0.15, 0.2) is 5.79 Å². The Kier molecular flexibility index (Phi) is 3.92. The zero-order valence-electron chi connectivity index (χ0n) is 11.7. The van der Waals surface area contributed by atoms with Crippen molar-refractivity contribution >= 4 is 0 Å². The molecule has 0 bridgehead atoms. The summed E-state index contributed by atoms with van der Waals surface area (Å²) in [6, 6.07) is 0.754. The van der Waals surface area contributed by atoms with E-state index in [0.717, 1.165) is 38.0 Å². The fraction of sp³-hybridized carbons (Fsp3) is 1.00. The van der Waals surface area contributed by atoms with Gasteiger partial charge in [0.25, 0.3) is 0 Å². The van der Waals surface area contributed by atoms with Crippen LogP contribution in [0.5, 0.6) is 0 Å². The quantitative estimate of drug-likeness (QED) is 0.772. The smallest absolute Gasteiger partial charge is 0.168 e. The van der Waals surface area contributed by atoms with E-state index in [1.165, 1.54) is 45.1 Å². The lowest BCUT2D eigenvalue weighted by Gasteiger charge is -2.39. The third kappa shape index (κ3) is 2.73. The Bertz CT molecular complexity index is 260. The van der Waals surface area contributed by atoms with Crippen LogP contribution in [-0.2, 0) is 9.47 Å². The second-order valence-corrected chi connectivity index (χ2v) is 6.43. The Morgan fingerprint density at radius 3 is 2.22 bits per heavy atom. The Morgan fingerprint density at radius 2 is 1.61 bits per heavy atom. The summed E-state index contributed by atoms with van der Waals surface area (Å²) in [6.45, 7) is 2.89. The van der Waals surface area contributed by atoms with Gasteiger partial charge in [0, 0.05) is 25.4 Å². The fourth-order valence-corrected chi connectivity index (χ4v) is 4.02. The van der Waals surface area contributed by atoms with Gasteiger partial charge in [-0.1, -0.05) is 12.8 Å². The molecule has 3 fully saturated rings. The highest BCUT2D eigenvalue weighted by Gasteiger charge is 2.41. The molecule has 18 heavy (non-hydrogen) atoms. The van der Waals surface area contributed by atoms with E-state index in [0.29, 0.717) is 0 Å². The number of hydrogen-bond donors (Lipinski definition) is 0. The van der Waals surface area contributed by atoms with Crippen molar-refractivity contribution in [3.8, 4) is 0 Å². The number of rotatable bonds is 3. The molecule has 3 heteroatoms. The molecular formula is C15H27NO2. The number of ether oxygens (including phenoxy) is 2. The Hall–Kier alpha value is -0.120. The average molecular weight is 253 g/mol. The van der Waals surface area contributed by atoms with Crippen LogP contribution in [0.1, 0.15) is 51.4 Å². The van der Waals surface area contributed by atoms with Gasteiger partial charge in [0.05, 0.1) is 13.2 Å². The maximum Gasteiger partial charge on any atom is 0.168 e. The molecule has 0 N–H and O–H groups in total. The molecule has 0 aromatic heterocycles. The molecular weight excluding hydrogens is 226 g/mol. The van der Waals surface area contributed by atoms with Crippen LogP contribution in [0.3, 0.4) is 0 Å². The minimum atomic E-state index is -0.190. The molecule has 0 unspecified atom stereocenters. The molecule has 0 aromatic rings. The van der Waals surface area contributed by atoms with Crippen LogP contribution in [0.25, 0.3) is 0 Å². The first-order valence-corrected chi connectivity index (χ1v) is 7.76. The Balaban J connectivity index is 1.46. The minimum absolute atomic E-state index is 0.190. The zero-order chi connectivity index (χ0) is 12.4. The molecule has 0 aromatic carbocycles. The van der Waals surface area contributed by atoms with Crippen molar-refractivity contribution in [2.45, 2.75) is 63.2 Å². The topological polar surface area (TPSA) is 21.7 Å². The Morgan fingerprint density at radius 1 is 1.00 bits per heavy atom. The first-order valence-electron chi connectivity index (χ1n) is 7.76. The number of hydrogen-bond acceptors (Lipinski definition) is 3. The van der Waals surface area contributed by atoms with Gasteiger partial charge in [-0.15, -0.1) is 0 Å². The average Bonchev–Trinajstić information content (AvgIpc) is 3.03. The molecule has 2 aliphatic carbocycles. The zero-order valence-corrected chi connectivity index (χ0v) is 11.7. The van der Waals surface area contributed by atoms with E-state index < -0.39 is 0 Å². The fourth-order valence-electron chi connectivity index (χ4n) is 4.02. The summed E-state index contributed by atoms with van der Waals surface area (Å²) < 4.78 is 11.6. The first-order chi connectivity index (χ1) is 8.77. The van der Waals surface area contributed by atoms with E-state index in [9.17, 15) is 0 Å². The number of nitrogens with zero attached hydrogens (tertiary/aromatic N) is 1. The standard InChI is InChI=1S/C15H27NO2/c1-16(12-13-4-2-3-5-13)14-6-8-15(9-7-14)17-10-11-18-15/h13-14H,2-12H2,1H3. The van der Waals surface area contributed by atoms with Crippen molar-refractivity contribution in [3.05, 3.63) is 0 Å². The van der Waals surface area contributed by atoms with Crippen LogP contribution in [0.15, 0.2) is 0 Å². The molecule has 1 aliphatic heterocycles. The van der Waals surface area contributed by atoms with Crippen molar-refractivity contribution < 1.29 is 9.47 Å². The van der Waals surface area contributed by atoms with Gasteiger partial charge in [0.2, 0.25) is 0 Å². The van der Waals surface area contributed by atoms with Gasteiger partial charge in [0.1, 0.15) is 0 Å². The molecule has 0 atom stereocenters. The maximum atomic E-state index is 5.80. The van der Waals surface area contributed by atoms with Gasteiger partial charge in [-0.05, 0) is 38.6 Å². The van der Waals surface area contributed by atoms with E-state index in [4.69, 9.17) is 9.47 Å². The predicted octanol–water partition coefficient (Wildman–Crippen LogP) is 2.79. The largest absolute Gasteiger partial charge is 0.348 e. The van der Waals surface area contributed by atoms with E-state index in [1.807, 2.05) is 0 Å². The van der Waals surface area contributed by atoms with Crippen LogP contribution in [0.4, 0.5) is 0 Å². The van der Waals surface area contributed by atoms with Crippen molar-refractivity contribution in [3.63, 3.8) is 0 Å². The molecule has 104 valence electrons. The monoisotopic (exact) mass is 253 g/mol. The van der Waals surface area contributed by atoms with Gasteiger partial charge in [-0.2, -0.15) is 0 Å². The molecule has 3 nitrogen and oxygen atoms in total. The molecule has 2 saturated carbocycles. The molecule has 0 radical (unpaired) electrons. The highest BCUT2D eigenvalue weighted by atomic mass is 16.7. The molecule has 3 rings (SSSR count). The van der Waals surface area contributed by atoms with Crippen LogP contribution >= 0.6 is 0 Å². The van der Waals surface area contributed by atoms with E-state index in [2.05, 4.69) is 11.9 Å². The summed E-state index contributed by atoms with van der Waals surface area (Å²) in [5.41, 5.74) is 0. The highest BCUT2D eigenvalue weighted by molar-refractivity contribution is 4.86. The van der Waals surface area contributed by atoms with Crippen LogP contribution in [0, 0.1) is 5.92 Å². The first kappa shape index (κ1) is 12.9. The summed E-state index contributed by atoms with van der Waals surface area (Å²) in [7, 11) is 2.32. The molecule has 3 aliphatic rings. The van der Waals surface area contributed by atoms with Gasteiger partial charge in [-0.25, -0.2) is 0 Å². The maximum absolute atomic E-state index is 5.80. The third-order valence-electron chi connectivity index (χ3n) is 5.17. The van der Waals surface area contributed by atoms with Crippen molar-refractivity contribution in [2.75, 3.05) is 26.8 Å². The van der Waals surface area contributed by atoms with Crippen LogP contribution < -0.4 is 0 Å². The normalized spacial score (nSPS) is 29.7. The lowest BCUT2D eigenvalue weighted by Crippen LogP contribution is -2.43. The van der Waals surface area contributed by atoms with Crippen LogP contribution in [-0.4, -0.2) is 43.5 Å². The van der Waals surface area contributed by atoms with E-state index in [1.54, 1.807) is 0 Å². The van der Waals surface area contributed by atoms with E-state index >= 15 is 0 Å². The minimum Gasteiger partial charge on any atom is -0.348 e. The molecule has 1 saturated heterocycles. The van der Waals surface area contributed by atoms with Crippen molar-refractivity contribution in [1.82, 2.24) is 4.90 Å². The van der Waals surface area contributed by atoms with Crippen molar-refractivity contribution in [2.24, 2.45) is 5.92 Å². The van der Waals surface area contributed by atoms with Gasteiger partial charge < -0.3 is 14.4 Å². The van der Waals surface area contributed by atoms with Crippen LogP contribution in [0.2, 0.25) is 0 Å². The predicted molar refractivity (Wildman–Crippen MR) is 71.5 cm³/mol. The second kappa shape index (κ2) is 5.48. The van der Waals surface area contributed by atoms with Gasteiger partial charge in [-0.3, -0.25) is 0 Å². The summed E-state index contributed by atoms with van der Waals surface area (Å²) in [6.07, 6.45) is 10.5. The summed E-state index contributed by atoms with van der Waals surface area (Å²) in [4.78, 5) is 2.61. The highest BCUT2D eigenvalue weighted by Crippen LogP contribution is 2.37. The summed E-state index contributed by atoms with van der Waals surface area (Å²) in [5.74, 6) is 0.773. The summed E-state index contributed by atoms with van der Waals surface area (Å²) in [5, 5.41) is 0. The molecule has 0 amide bonds. The van der Waals surface area contributed by atoms with E-state index in [-0.39, 0.29) is 5.79 Å². The Labute approximate surface area is 111 Å².